The number of amides is 1. The van der Waals surface area contributed by atoms with Gasteiger partial charge in [-0.2, -0.15) is 0 Å². The highest BCUT2D eigenvalue weighted by atomic mass is 79.9. The Kier molecular flexibility index (Phi) is 3.83. The Morgan fingerprint density at radius 3 is 2.56 bits per heavy atom. The molecular formula is C11H8BrNO4S. The Hall–Kier alpha value is -1.60. The van der Waals surface area contributed by atoms with Crippen molar-refractivity contribution in [3.63, 3.8) is 0 Å². The van der Waals surface area contributed by atoms with Crippen molar-refractivity contribution in [3.05, 3.63) is 44.4 Å². The second kappa shape index (κ2) is 5.36. The highest BCUT2D eigenvalue weighted by molar-refractivity contribution is 9.11. The number of nitrogens with one attached hydrogen (secondary N) is 1. The van der Waals surface area contributed by atoms with E-state index in [0.29, 0.717) is 6.54 Å². The first kappa shape index (κ1) is 12.8. The summed E-state index contributed by atoms with van der Waals surface area (Å²) < 4.78 is 5.87. The molecule has 18 heavy (non-hydrogen) atoms. The molecule has 0 aliphatic carbocycles. The molecule has 5 nitrogen and oxygen atoms in total. The van der Waals surface area contributed by atoms with E-state index in [1.807, 2.05) is 12.1 Å². The van der Waals surface area contributed by atoms with Gasteiger partial charge in [0.1, 0.15) is 0 Å². The minimum Gasteiger partial charge on any atom is -0.475 e. The van der Waals surface area contributed by atoms with E-state index in [-0.39, 0.29) is 11.5 Å². The summed E-state index contributed by atoms with van der Waals surface area (Å²) in [7, 11) is 0. The fourth-order valence-electron chi connectivity index (χ4n) is 1.28. The lowest BCUT2D eigenvalue weighted by molar-refractivity contribution is 0.0659. The Morgan fingerprint density at radius 2 is 2.00 bits per heavy atom. The predicted molar refractivity (Wildman–Crippen MR) is 68.9 cm³/mol. The fraction of sp³-hybridized carbons (Fsp3) is 0.0909. The van der Waals surface area contributed by atoms with Gasteiger partial charge in [0.15, 0.2) is 5.76 Å². The second-order valence-corrected chi connectivity index (χ2v) is 5.91. The summed E-state index contributed by atoms with van der Waals surface area (Å²) in [5.41, 5.74) is 0. The summed E-state index contributed by atoms with van der Waals surface area (Å²) in [5, 5.41) is 11.3. The van der Waals surface area contributed by atoms with E-state index in [9.17, 15) is 9.59 Å². The summed E-state index contributed by atoms with van der Waals surface area (Å²) >= 11 is 4.84. The van der Waals surface area contributed by atoms with Crippen LogP contribution in [0.3, 0.4) is 0 Å². The minimum atomic E-state index is -1.20. The van der Waals surface area contributed by atoms with Crippen LogP contribution in [0.2, 0.25) is 0 Å². The van der Waals surface area contributed by atoms with Gasteiger partial charge >= 0.3 is 5.97 Å². The number of hydrogen-bond donors (Lipinski definition) is 2. The zero-order valence-electron chi connectivity index (χ0n) is 8.97. The first-order valence-corrected chi connectivity index (χ1v) is 6.53. The Balaban J connectivity index is 1.97. The highest BCUT2D eigenvalue weighted by Crippen LogP contribution is 2.21. The fourth-order valence-corrected chi connectivity index (χ4v) is 2.70. The van der Waals surface area contributed by atoms with Crippen LogP contribution in [-0.4, -0.2) is 17.0 Å². The molecule has 2 aromatic rings. The van der Waals surface area contributed by atoms with Gasteiger partial charge < -0.3 is 14.8 Å². The number of rotatable bonds is 4. The topological polar surface area (TPSA) is 79.5 Å². The normalized spacial score (nSPS) is 10.3. The van der Waals surface area contributed by atoms with Crippen LogP contribution in [-0.2, 0) is 6.54 Å². The third-order valence-electron chi connectivity index (χ3n) is 2.09. The van der Waals surface area contributed by atoms with Crippen LogP contribution in [0.1, 0.15) is 26.0 Å². The molecule has 0 unspecified atom stereocenters. The largest absolute Gasteiger partial charge is 0.475 e. The maximum atomic E-state index is 11.7. The van der Waals surface area contributed by atoms with Crippen molar-refractivity contribution in [2.75, 3.05) is 0 Å². The summed E-state index contributed by atoms with van der Waals surface area (Å²) in [4.78, 5) is 23.2. The van der Waals surface area contributed by atoms with Crippen LogP contribution in [0.5, 0.6) is 0 Å². The van der Waals surface area contributed by atoms with E-state index < -0.39 is 11.9 Å². The quantitative estimate of drug-likeness (QED) is 0.903. The number of carboxylic acid groups (broad SMARTS) is 1. The summed E-state index contributed by atoms with van der Waals surface area (Å²) in [6.07, 6.45) is 0. The molecule has 7 heteroatoms. The lowest BCUT2D eigenvalue weighted by Gasteiger charge is -2.00. The zero-order chi connectivity index (χ0) is 13.1. The molecule has 0 saturated heterocycles. The summed E-state index contributed by atoms with van der Waals surface area (Å²) in [6, 6.07) is 6.36. The van der Waals surface area contributed by atoms with Crippen molar-refractivity contribution < 1.29 is 19.1 Å². The van der Waals surface area contributed by atoms with Crippen LogP contribution in [0, 0.1) is 0 Å². The van der Waals surface area contributed by atoms with Gasteiger partial charge in [-0.3, -0.25) is 4.79 Å². The number of furan rings is 1. The van der Waals surface area contributed by atoms with Crippen molar-refractivity contribution >= 4 is 39.1 Å². The van der Waals surface area contributed by atoms with Crippen LogP contribution >= 0.6 is 27.3 Å². The Morgan fingerprint density at radius 1 is 1.28 bits per heavy atom. The number of halogens is 1. The third-order valence-corrected chi connectivity index (χ3v) is 3.72. The Labute approximate surface area is 115 Å². The van der Waals surface area contributed by atoms with E-state index in [1.165, 1.54) is 23.5 Å². The first-order chi connectivity index (χ1) is 8.56. The van der Waals surface area contributed by atoms with Crippen LogP contribution in [0.15, 0.2) is 32.5 Å². The molecule has 0 spiro atoms. The molecule has 0 radical (unpaired) electrons. The highest BCUT2D eigenvalue weighted by Gasteiger charge is 2.14. The number of thiophene rings is 1. The minimum absolute atomic E-state index is 0.0111. The van der Waals surface area contributed by atoms with Gasteiger partial charge in [-0.1, -0.05) is 0 Å². The standard InChI is InChI=1S/C11H8BrNO4S/c12-9-4-1-6(18-9)5-13-10(14)7-2-3-8(17-7)11(15)16/h1-4H,5H2,(H,13,14)(H,15,16). The van der Waals surface area contributed by atoms with Gasteiger partial charge in [-0.05, 0) is 40.2 Å². The lowest BCUT2D eigenvalue weighted by atomic mass is 10.4. The van der Waals surface area contributed by atoms with Gasteiger partial charge in [0, 0.05) is 4.88 Å². The molecule has 0 bridgehead atoms. The van der Waals surface area contributed by atoms with Crippen molar-refractivity contribution in [2.45, 2.75) is 6.54 Å². The van der Waals surface area contributed by atoms with Crippen LogP contribution < -0.4 is 5.32 Å². The molecule has 0 aliphatic rings. The van der Waals surface area contributed by atoms with Crippen LogP contribution in [0.4, 0.5) is 0 Å². The molecule has 0 saturated carbocycles. The predicted octanol–water partition coefficient (Wildman–Crippen LogP) is 2.73. The number of hydrogen-bond acceptors (Lipinski definition) is 4. The smallest absolute Gasteiger partial charge is 0.371 e. The molecule has 0 aromatic carbocycles. The second-order valence-electron chi connectivity index (χ2n) is 3.36. The number of carbonyl (C=O) groups excluding carboxylic acids is 1. The van der Waals surface area contributed by atoms with Gasteiger partial charge in [-0.15, -0.1) is 11.3 Å². The maximum absolute atomic E-state index is 11.7. The third kappa shape index (κ3) is 2.99. The monoisotopic (exact) mass is 329 g/mol. The Bertz CT molecular complexity index is 589. The molecular weight excluding hydrogens is 322 g/mol. The van der Waals surface area contributed by atoms with Gasteiger partial charge in [-0.25, -0.2) is 4.79 Å². The number of carbonyl (C=O) groups is 2. The van der Waals surface area contributed by atoms with Gasteiger partial charge in [0.2, 0.25) is 5.76 Å². The summed E-state index contributed by atoms with van der Waals surface area (Å²) in [5.74, 6) is -1.90. The van der Waals surface area contributed by atoms with E-state index >= 15 is 0 Å². The van der Waals surface area contributed by atoms with E-state index in [2.05, 4.69) is 21.2 Å². The van der Waals surface area contributed by atoms with Crippen molar-refractivity contribution in [1.82, 2.24) is 5.32 Å². The summed E-state index contributed by atoms with van der Waals surface area (Å²) in [6.45, 7) is 0.373. The average Bonchev–Trinajstić information content (AvgIpc) is 2.94. The van der Waals surface area contributed by atoms with Crippen molar-refractivity contribution in [1.29, 1.82) is 0 Å². The van der Waals surface area contributed by atoms with Gasteiger partial charge in [0.25, 0.3) is 5.91 Å². The van der Waals surface area contributed by atoms with E-state index in [4.69, 9.17) is 9.52 Å². The molecule has 2 rings (SSSR count). The van der Waals surface area contributed by atoms with Crippen LogP contribution in [0.25, 0.3) is 0 Å². The van der Waals surface area contributed by atoms with E-state index in [1.54, 1.807) is 0 Å². The lowest BCUT2D eigenvalue weighted by Crippen LogP contribution is -2.21. The average molecular weight is 330 g/mol. The zero-order valence-corrected chi connectivity index (χ0v) is 11.4. The SMILES string of the molecule is O=C(O)c1ccc(C(=O)NCc2ccc(Br)s2)o1. The van der Waals surface area contributed by atoms with E-state index in [0.717, 1.165) is 8.66 Å². The molecule has 0 aliphatic heterocycles. The molecule has 2 heterocycles. The molecule has 0 atom stereocenters. The number of carboxylic acids is 1. The maximum Gasteiger partial charge on any atom is 0.371 e. The number of aromatic carboxylic acids is 1. The first-order valence-electron chi connectivity index (χ1n) is 4.92. The molecule has 2 aromatic heterocycles. The molecule has 1 amide bonds. The van der Waals surface area contributed by atoms with Crippen molar-refractivity contribution in [2.24, 2.45) is 0 Å². The van der Waals surface area contributed by atoms with Gasteiger partial charge in [0.05, 0.1) is 10.3 Å². The van der Waals surface area contributed by atoms with Crippen molar-refractivity contribution in [3.8, 4) is 0 Å². The molecule has 0 fully saturated rings. The molecule has 2 N–H and O–H groups in total. The molecule has 94 valence electrons.